The number of halogens is 2. The molecule has 1 aromatic heterocycles. The minimum absolute atomic E-state index is 0.239. The van der Waals surface area contributed by atoms with Crippen molar-refractivity contribution in [3.05, 3.63) is 24.0 Å². The fourth-order valence-corrected chi connectivity index (χ4v) is 1.12. The lowest BCUT2D eigenvalue weighted by molar-refractivity contribution is 0.145. The zero-order chi connectivity index (χ0) is 9.68. The summed E-state index contributed by atoms with van der Waals surface area (Å²) < 4.78 is 25.5. The number of alkyl halides is 2. The Morgan fingerprint density at radius 2 is 2.31 bits per heavy atom. The SMILES string of the molecule is CCn1ccc(CNCC(F)F)c1. The van der Waals surface area contributed by atoms with Crippen molar-refractivity contribution in [3.63, 3.8) is 0 Å². The molecule has 13 heavy (non-hydrogen) atoms. The predicted octanol–water partition coefficient (Wildman–Crippen LogP) is 1.86. The molecule has 0 amide bonds. The third-order valence-corrected chi connectivity index (χ3v) is 1.80. The van der Waals surface area contributed by atoms with E-state index in [4.69, 9.17) is 0 Å². The zero-order valence-corrected chi connectivity index (χ0v) is 7.63. The lowest BCUT2D eigenvalue weighted by Crippen LogP contribution is -2.20. The predicted molar refractivity (Wildman–Crippen MR) is 47.8 cm³/mol. The van der Waals surface area contributed by atoms with E-state index < -0.39 is 6.43 Å². The molecule has 0 fully saturated rings. The van der Waals surface area contributed by atoms with Crippen molar-refractivity contribution in [2.75, 3.05) is 6.54 Å². The fraction of sp³-hybridized carbons (Fsp3) is 0.556. The molecule has 0 saturated carbocycles. The number of nitrogens with zero attached hydrogens (tertiary/aromatic N) is 1. The summed E-state index contributed by atoms with van der Waals surface area (Å²) in [5, 5.41) is 2.68. The van der Waals surface area contributed by atoms with Crippen LogP contribution in [0.2, 0.25) is 0 Å². The molecule has 74 valence electrons. The lowest BCUT2D eigenvalue weighted by atomic mass is 10.3. The molecule has 0 spiro atoms. The highest BCUT2D eigenvalue weighted by molar-refractivity contribution is 5.09. The molecule has 0 unspecified atom stereocenters. The second-order valence-electron chi connectivity index (χ2n) is 2.87. The van der Waals surface area contributed by atoms with E-state index in [1.165, 1.54) is 0 Å². The Balaban J connectivity index is 2.28. The van der Waals surface area contributed by atoms with E-state index in [0.29, 0.717) is 6.54 Å². The highest BCUT2D eigenvalue weighted by Crippen LogP contribution is 2.00. The van der Waals surface area contributed by atoms with Crippen molar-refractivity contribution in [2.24, 2.45) is 0 Å². The monoisotopic (exact) mass is 188 g/mol. The van der Waals surface area contributed by atoms with Gasteiger partial charge < -0.3 is 9.88 Å². The van der Waals surface area contributed by atoms with Crippen LogP contribution >= 0.6 is 0 Å². The van der Waals surface area contributed by atoms with Gasteiger partial charge in [-0.1, -0.05) is 0 Å². The molecule has 0 bridgehead atoms. The largest absolute Gasteiger partial charge is 0.354 e. The van der Waals surface area contributed by atoms with Gasteiger partial charge in [-0.3, -0.25) is 0 Å². The first-order chi connectivity index (χ1) is 6.22. The number of aryl methyl sites for hydroxylation is 1. The summed E-state index contributed by atoms with van der Waals surface area (Å²) in [7, 11) is 0. The van der Waals surface area contributed by atoms with Gasteiger partial charge in [0.15, 0.2) is 0 Å². The maximum absolute atomic E-state index is 11.7. The number of aromatic nitrogens is 1. The average molecular weight is 188 g/mol. The molecule has 0 aromatic carbocycles. The molecule has 1 heterocycles. The van der Waals surface area contributed by atoms with Crippen LogP contribution < -0.4 is 5.32 Å². The molecule has 0 aliphatic rings. The van der Waals surface area contributed by atoms with Crippen molar-refractivity contribution in [2.45, 2.75) is 26.4 Å². The van der Waals surface area contributed by atoms with E-state index in [2.05, 4.69) is 5.32 Å². The Hall–Kier alpha value is -0.900. The van der Waals surface area contributed by atoms with Crippen LogP contribution in [0.25, 0.3) is 0 Å². The maximum Gasteiger partial charge on any atom is 0.250 e. The first-order valence-electron chi connectivity index (χ1n) is 4.36. The summed E-state index contributed by atoms with van der Waals surface area (Å²) in [5.74, 6) is 0. The van der Waals surface area contributed by atoms with E-state index in [1.54, 1.807) is 0 Å². The zero-order valence-electron chi connectivity index (χ0n) is 7.63. The van der Waals surface area contributed by atoms with E-state index in [-0.39, 0.29) is 6.54 Å². The van der Waals surface area contributed by atoms with Gasteiger partial charge in [0.1, 0.15) is 0 Å². The molecule has 0 saturated heterocycles. The quantitative estimate of drug-likeness (QED) is 0.746. The van der Waals surface area contributed by atoms with Gasteiger partial charge in [-0.25, -0.2) is 8.78 Å². The van der Waals surface area contributed by atoms with E-state index in [0.717, 1.165) is 12.1 Å². The first kappa shape index (κ1) is 10.2. The molecule has 2 nitrogen and oxygen atoms in total. The fourth-order valence-electron chi connectivity index (χ4n) is 1.12. The second-order valence-corrected chi connectivity index (χ2v) is 2.87. The van der Waals surface area contributed by atoms with Crippen LogP contribution in [0.3, 0.4) is 0 Å². The van der Waals surface area contributed by atoms with Crippen LogP contribution in [0.4, 0.5) is 8.78 Å². The van der Waals surface area contributed by atoms with Crippen molar-refractivity contribution in [1.82, 2.24) is 9.88 Å². The summed E-state index contributed by atoms with van der Waals surface area (Å²) in [6, 6.07) is 1.93. The standard InChI is InChI=1S/C9H14F2N2/c1-2-13-4-3-8(7-13)5-12-6-9(10)11/h3-4,7,9,12H,2,5-6H2,1H3. The molecule has 1 rings (SSSR count). The second kappa shape index (κ2) is 4.97. The number of nitrogens with one attached hydrogen (secondary N) is 1. The Morgan fingerprint density at radius 1 is 1.54 bits per heavy atom. The molecular weight excluding hydrogens is 174 g/mol. The van der Waals surface area contributed by atoms with Crippen LogP contribution in [0.1, 0.15) is 12.5 Å². The summed E-state index contributed by atoms with van der Waals surface area (Å²) in [4.78, 5) is 0. The highest BCUT2D eigenvalue weighted by atomic mass is 19.3. The van der Waals surface area contributed by atoms with E-state index >= 15 is 0 Å². The number of hydrogen-bond acceptors (Lipinski definition) is 1. The maximum atomic E-state index is 11.7. The van der Waals surface area contributed by atoms with E-state index in [9.17, 15) is 8.78 Å². The van der Waals surface area contributed by atoms with Gasteiger partial charge in [-0.05, 0) is 18.6 Å². The van der Waals surface area contributed by atoms with Crippen LogP contribution in [-0.4, -0.2) is 17.5 Å². The van der Waals surface area contributed by atoms with Gasteiger partial charge in [0.2, 0.25) is 0 Å². The Labute approximate surface area is 76.6 Å². The molecule has 1 aromatic rings. The van der Waals surface area contributed by atoms with Crippen molar-refractivity contribution >= 4 is 0 Å². The van der Waals surface area contributed by atoms with Gasteiger partial charge in [-0.15, -0.1) is 0 Å². The van der Waals surface area contributed by atoms with Gasteiger partial charge in [0.05, 0.1) is 6.54 Å². The smallest absolute Gasteiger partial charge is 0.250 e. The van der Waals surface area contributed by atoms with Gasteiger partial charge >= 0.3 is 0 Å². The van der Waals surface area contributed by atoms with Crippen LogP contribution in [-0.2, 0) is 13.1 Å². The van der Waals surface area contributed by atoms with Crippen molar-refractivity contribution < 1.29 is 8.78 Å². The summed E-state index contributed by atoms with van der Waals surface area (Å²) in [6.07, 6.45) is 1.63. The normalized spacial score (nSPS) is 11.1. The van der Waals surface area contributed by atoms with E-state index in [1.807, 2.05) is 30.0 Å². The third-order valence-electron chi connectivity index (χ3n) is 1.80. The van der Waals surface area contributed by atoms with Gasteiger partial charge in [0.25, 0.3) is 6.43 Å². The summed E-state index contributed by atoms with van der Waals surface area (Å²) in [6.45, 7) is 3.22. The minimum atomic E-state index is -2.27. The number of rotatable bonds is 5. The van der Waals surface area contributed by atoms with Crippen LogP contribution in [0, 0.1) is 0 Å². The molecule has 1 N–H and O–H groups in total. The summed E-state index contributed by atoms with van der Waals surface area (Å²) in [5.41, 5.74) is 1.04. The minimum Gasteiger partial charge on any atom is -0.354 e. The number of hydrogen-bond donors (Lipinski definition) is 1. The summed E-state index contributed by atoms with van der Waals surface area (Å²) >= 11 is 0. The molecule has 0 aliphatic carbocycles. The average Bonchev–Trinajstić information content (AvgIpc) is 2.52. The molecule has 0 atom stereocenters. The van der Waals surface area contributed by atoms with Gasteiger partial charge in [0, 0.05) is 25.5 Å². The van der Waals surface area contributed by atoms with Crippen LogP contribution in [0.5, 0.6) is 0 Å². The van der Waals surface area contributed by atoms with Gasteiger partial charge in [-0.2, -0.15) is 0 Å². The molecule has 0 aliphatic heterocycles. The molecule has 0 radical (unpaired) electrons. The van der Waals surface area contributed by atoms with Crippen molar-refractivity contribution in [1.29, 1.82) is 0 Å². The molecule has 4 heteroatoms. The Morgan fingerprint density at radius 3 is 2.85 bits per heavy atom. The molecular formula is C9H14F2N2. The Kier molecular flexibility index (Phi) is 3.89. The lowest BCUT2D eigenvalue weighted by Gasteiger charge is -2.01. The Bertz CT molecular complexity index is 246. The third kappa shape index (κ3) is 3.55. The highest BCUT2D eigenvalue weighted by Gasteiger charge is 2.01. The first-order valence-corrected chi connectivity index (χ1v) is 4.36. The van der Waals surface area contributed by atoms with Crippen LogP contribution in [0.15, 0.2) is 18.5 Å². The topological polar surface area (TPSA) is 17.0 Å². The van der Waals surface area contributed by atoms with Crippen molar-refractivity contribution in [3.8, 4) is 0 Å².